The Kier molecular flexibility index (Phi) is 5.31. The molecule has 2 heteroatoms. The molecule has 0 saturated heterocycles. The highest BCUT2D eigenvalue weighted by atomic mass is 28.3. The number of anilines is 1. The molecule has 0 spiro atoms. The van der Waals surface area contributed by atoms with E-state index in [9.17, 15) is 0 Å². The average Bonchev–Trinajstić information content (AvgIpc) is 2.74. The predicted molar refractivity (Wildman–Crippen MR) is 98.4 cm³/mol. The molecule has 0 aliphatic carbocycles. The number of benzene rings is 1. The Balaban J connectivity index is 2.35. The molecule has 1 aliphatic heterocycles. The summed E-state index contributed by atoms with van der Waals surface area (Å²) < 4.78 is 0. The van der Waals surface area contributed by atoms with Gasteiger partial charge in [0.05, 0.1) is 0 Å². The first-order chi connectivity index (χ1) is 9.96. The first-order valence-corrected chi connectivity index (χ1v) is 12.1. The Morgan fingerprint density at radius 2 is 2.10 bits per heavy atom. The highest BCUT2D eigenvalue weighted by Crippen LogP contribution is 2.42. The van der Waals surface area contributed by atoms with Crippen LogP contribution in [0.3, 0.4) is 0 Å². The molecule has 21 heavy (non-hydrogen) atoms. The second kappa shape index (κ2) is 6.82. The maximum atomic E-state index is 3.94. The second-order valence-corrected chi connectivity index (χ2v) is 13.1. The van der Waals surface area contributed by atoms with Crippen molar-refractivity contribution in [3.05, 3.63) is 42.0 Å². The molecule has 1 aromatic rings. The van der Waals surface area contributed by atoms with Crippen LogP contribution in [-0.2, 0) is 6.42 Å². The summed E-state index contributed by atoms with van der Waals surface area (Å²) >= 11 is 0. The molecule has 0 radical (unpaired) electrons. The Morgan fingerprint density at radius 3 is 2.71 bits per heavy atom. The van der Waals surface area contributed by atoms with Crippen LogP contribution >= 0.6 is 0 Å². The third kappa shape index (κ3) is 4.00. The predicted octanol–water partition coefficient (Wildman–Crippen LogP) is 5.46. The molecule has 2 rings (SSSR count). The van der Waals surface area contributed by atoms with Gasteiger partial charge in [-0.3, -0.25) is 0 Å². The summed E-state index contributed by atoms with van der Waals surface area (Å²) in [5.74, 6) is 0.736. The molecular formula is C19H31NSi. The molecule has 1 aromatic carbocycles. The fraction of sp³-hybridized carbons (Fsp3) is 0.579. The summed E-state index contributed by atoms with van der Waals surface area (Å²) in [6.07, 6.45) is 5.86. The number of fused-ring (bicyclic) bond motifs is 1. The lowest BCUT2D eigenvalue weighted by molar-refractivity contribution is 0.742. The molecule has 116 valence electrons. The van der Waals surface area contributed by atoms with Crippen molar-refractivity contribution >= 4 is 13.8 Å². The molecule has 1 atom stereocenters. The number of hydrogen-bond donors (Lipinski definition) is 0. The Labute approximate surface area is 132 Å². The lowest BCUT2D eigenvalue weighted by Crippen LogP contribution is -2.27. The third-order valence-electron chi connectivity index (χ3n) is 4.37. The fourth-order valence-corrected chi connectivity index (χ4v) is 5.43. The summed E-state index contributed by atoms with van der Waals surface area (Å²) in [5, 5.41) is 0. The molecule has 0 amide bonds. The zero-order chi connectivity index (χ0) is 15.5. The van der Waals surface area contributed by atoms with Gasteiger partial charge in [0, 0.05) is 32.8 Å². The Bertz CT molecular complexity index is 487. The molecule has 1 nitrogen and oxygen atoms in total. The lowest BCUT2D eigenvalue weighted by Gasteiger charge is -2.23. The van der Waals surface area contributed by atoms with Crippen molar-refractivity contribution in [1.82, 2.24) is 0 Å². The van der Waals surface area contributed by atoms with E-state index < -0.39 is 8.07 Å². The number of aryl methyl sites for hydroxylation is 1. The fourth-order valence-electron chi connectivity index (χ4n) is 3.62. The van der Waals surface area contributed by atoms with E-state index in [1.54, 1.807) is 11.1 Å². The molecule has 0 fully saturated rings. The van der Waals surface area contributed by atoms with E-state index >= 15 is 0 Å². The number of unbranched alkanes of at least 4 members (excludes halogenated alkanes) is 1. The highest BCUT2D eigenvalue weighted by molar-refractivity contribution is 6.76. The van der Waals surface area contributed by atoms with Gasteiger partial charge in [0.25, 0.3) is 0 Å². The van der Waals surface area contributed by atoms with Crippen molar-refractivity contribution in [3.63, 3.8) is 0 Å². The highest BCUT2D eigenvalue weighted by Gasteiger charge is 2.33. The quantitative estimate of drug-likeness (QED) is 0.477. The molecule has 1 unspecified atom stereocenters. The van der Waals surface area contributed by atoms with Gasteiger partial charge in [0.15, 0.2) is 0 Å². The average molecular weight is 302 g/mol. The van der Waals surface area contributed by atoms with Crippen LogP contribution < -0.4 is 4.90 Å². The van der Waals surface area contributed by atoms with Crippen molar-refractivity contribution in [1.29, 1.82) is 0 Å². The van der Waals surface area contributed by atoms with Gasteiger partial charge in [0.1, 0.15) is 0 Å². The summed E-state index contributed by atoms with van der Waals surface area (Å²) in [5.41, 5.74) is 4.74. The topological polar surface area (TPSA) is 3.24 Å². The normalized spacial score (nSPS) is 17.9. The molecule has 0 aromatic heterocycles. The van der Waals surface area contributed by atoms with Crippen LogP contribution in [0.2, 0.25) is 25.7 Å². The summed E-state index contributed by atoms with van der Waals surface area (Å²) in [6.45, 7) is 15.9. The number of rotatable bonds is 7. The monoisotopic (exact) mass is 301 g/mol. The van der Waals surface area contributed by atoms with Crippen molar-refractivity contribution in [2.45, 2.75) is 57.8 Å². The summed E-state index contributed by atoms with van der Waals surface area (Å²) in [4.78, 5) is 2.53. The van der Waals surface area contributed by atoms with Gasteiger partial charge in [-0.15, -0.1) is 6.58 Å². The molecule has 1 heterocycles. The van der Waals surface area contributed by atoms with E-state index in [4.69, 9.17) is 0 Å². The van der Waals surface area contributed by atoms with E-state index in [-0.39, 0.29) is 0 Å². The van der Waals surface area contributed by atoms with Crippen LogP contribution in [0, 0.1) is 0 Å². The second-order valence-electron chi connectivity index (χ2n) is 7.61. The zero-order valence-corrected chi connectivity index (χ0v) is 15.3. The van der Waals surface area contributed by atoms with Crippen LogP contribution in [0.25, 0.3) is 0 Å². The SMILES string of the molecule is C=CCN1CC(C[Si](C)(C)C)c2c(CCCC)cccc21. The van der Waals surface area contributed by atoms with Gasteiger partial charge in [-0.2, -0.15) is 0 Å². The summed E-state index contributed by atoms with van der Waals surface area (Å²) in [6, 6.07) is 8.33. The van der Waals surface area contributed by atoms with Crippen molar-refractivity contribution < 1.29 is 0 Å². The standard InChI is InChI=1S/C19H31NSi/c1-6-8-10-16-11-9-12-18-19(16)17(15-21(3,4)5)14-20(18)13-7-2/h7,9,11-12,17H,2,6,8,10,13-15H2,1,3-5H3. The Morgan fingerprint density at radius 1 is 1.33 bits per heavy atom. The van der Waals surface area contributed by atoms with E-state index in [1.807, 2.05) is 6.08 Å². The number of hydrogen-bond acceptors (Lipinski definition) is 1. The minimum Gasteiger partial charge on any atom is -0.367 e. The van der Waals surface area contributed by atoms with E-state index in [2.05, 4.69) is 56.2 Å². The summed E-state index contributed by atoms with van der Waals surface area (Å²) in [7, 11) is -1.05. The molecule has 1 aliphatic rings. The lowest BCUT2D eigenvalue weighted by atomic mass is 9.94. The Hall–Kier alpha value is -1.02. The van der Waals surface area contributed by atoms with Crippen molar-refractivity contribution in [2.24, 2.45) is 0 Å². The van der Waals surface area contributed by atoms with Crippen molar-refractivity contribution in [3.8, 4) is 0 Å². The van der Waals surface area contributed by atoms with E-state index in [0.717, 1.165) is 12.5 Å². The van der Waals surface area contributed by atoms with Gasteiger partial charge < -0.3 is 4.90 Å². The third-order valence-corrected chi connectivity index (χ3v) is 6.09. The first kappa shape index (κ1) is 16.3. The molecule has 0 bridgehead atoms. The molecule has 0 saturated carbocycles. The van der Waals surface area contributed by atoms with E-state index in [0.29, 0.717) is 0 Å². The molecule has 0 N–H and O–H groups in total. The van der Waals surface area contributed by atoms with E-state index in [1.165, 1.54) is 37.5 Å². The van der Waals surface area contributed by atoms with Crippen LogP contribution in [0.1, 0.15) is 36.8 Å². The van der Waals surface area contributed by atoms with Crippen LogP contribution in [0.5, 0.6) is 0 Å². The minimum absolute atomic E-state index is 0.736. The maximum absolute atomic E-state index is 3.94. The number of nitrogens with zero attached hydrogens (tertiary/aromatic N) is 1. The van der Waals surface area contributed by atoms with Gasteiger partial charge >= 0.3 is 0 Å². The van der Waals surface area contributed by atoms with Gasteiger partial charge in [0.2, 0.25) is 0 Å². The molecular weight excluding hydrogens is 270 g/mol. The van der Waals surface area contributed by atoms with Gasteiger partial charge in [-0.1, -0.05) is 51.2 Å². The van der Waals surface area contributed by atoms with Gasteiger partial charge in [-0.25, -0.2) is 0 Å². The minimum atomic E-state index is -1.05. The van der Waals surface area contributed by atoms with Crippen LogP contribution in [0.15, 0.2) is 30.9 Å². The largest absolute Gasteiger partial charge is 0.367 e. The maximum Gasteiger partial charge on any atom is 0.0449 e. The van der Waals surface area contributed by atoms with Gasteiger partial charge in [-0.05, 0) is 36.1 Å². The van der Waals surface area contributed by atoms with Crippen LogP contribution in [-0.4, -0.2) is 21.2 Å². The zero-order valence-electron chi connectivity index (χ0n) is 14.3. The van der Waals surface area contributed by atoms with Crippen LogP contribution in [0.4, 0.5) is 5.69 Å². The smallest absolute Gasteiger partial charge is 0.0449 e. The first-order valence-electron chi connectivity index (χ1n) is 8.44. The van der Waals surface area contributed by atoms with Crippen molar-refractivity contribution in [2.75, 3.05) is 18.0 Å².